The summed E-state index contributed by atoms with van der Waals surface area (Å²) in [6.45, 7) is 6.83. The normalized spacial score (nSPS) is 16.2. The quantitative estimate of drug-likeness (QED) is 0.0164. The standard InChI is InChI=1S/C63H108N24O14/c1-34-30-47(60(101)87(34)48(22-15-29-76-63(72)73)59(100)83-44(23-24-49(67)90)57(98)82-42(20-10-12-26-65)56(97)84-45(38(5)89)31-35(2)88)86-51(92)36(3)78-50(91)33-77-54(95)41(19-9-11-25-64)81-55(96)43(21-14-28-75-62(70)71)80-52(93)37(4)79-58(99)46(32-39-16-7-6-8-17-39)85-53(94)40(66)18-13-27-74-61(68)69/h6-8,16-17,34,36-37,40-48H,9-15,18-33,64-66H2,1-5H3,(H2,67,90)(H,77,95)(H,78,91)(H,79,99)(H,80,93)(H,81,96)(H,82,98)(H,83,100)(H,84,97)(H,85,94)(H,86,92)(H4,68,69,74)(H4,70,71,75)(H4,72,73,76)/t34?,36-,37-,40-,41-,42-,43-,44-,45-,46-,47-,48-/m0/s1. The third kappa shape index (κ3) is 34.0. The molecule has 0 radical (unpaired) electrons. The molecule has 1 aliphatic heterocycles. The second-order valence-corrected chi connectivity index (χ2v) is 24.8. The lowest BCUT2D eigenvalue weighted by Gasteiger charge is -2.32. The fourth-order valence-corrected chi connectivity index (χ4v) is 10.6. The number of carbonyl (C=O) groups excluding carboxylic acids is 14. The molecule has 0 aliphatic carbocycles. The number of nitrogens with one attached hydrogen (secondary N) is 16. The van der Waals surface area contributed by atoms with E-state index in [1.807, 2.05) is 0 Å². The Morgan fingerprint density at radius 3 is 1.46 bits per heavy atom. The lowest BCUT2D eigenvalue weighted by molar-refractivity contribution is -0.142. The Morgan fingerprint density at radius 1 is 0.505 bits per heavy atom. The molecule has 1 aromatic rings. The van der Waals surface area contributed by atoms with Crippen molar-refractivity contribution in [1.82, 2.24) is 74.0 Å². The number of carbonyl (C=O) groups is 14. The van der Waals surface area contributed by atoms with Crippen LogP contribution in [-0.4, -0.2) is 217 Å². The second-order valence-electron chi connectivity index (χ2n) is 24.8. The van der Waals surface area contributed by atoms with Crippen molar-refractivity contribution in [3.8, 4) is 0 Å². The highest BCUT2D eigenvalue weighted by Gasteiger charge is 2.45. The lowest BCUT2D eigenvalue weighted by Crippen LogP contribution is -2.59. The SMILES string of the molecule is CC(=O)C[C@H](NC(=O)[C@H](CCCCN)NC(=O)[C@H](CCC(N)=O)NC(=O)[C@H](CCCNC(=N)N)N1C(=O)[C@@H](NC(=O)[C@H](C)NC(=O)CNC(=O)[C@H](CCCCN)NC(=O)[C@H](CCCNC(=N)N)NC(=O)[C@H](C)NC(=O)[C@H](Cc2ccccc2)NC(=O)[C@@H](N)CCCNC(=N)N)CC1C)C(C)=O. The fourth-order valence-electron chi connectivity index (χ4n) is 10.6. The molecule has 0 saturated carbocycles. The number of likely N-dealkylation sites (tertiary alicyclic amines) is 1. The maximum atomic E-state index is 14.5. The van der Waals surface area contributed by atoms with Crippen LogP contribution in [0.4, 0.5) is 0 Å². The molecule has 1 aliphatic rings. The van der Waals surface area contributed by atoms with Gasteiger partial charge in [0.2, 0.25) is 70.9 Å². The second kappa shape index (κ2) is 46.3. The minimum Gasteiger partial charge on any atom is -0.370 e. The number of benzene rings is 1. The van der Waals surface area contributed by atoms with E-state index in [4.69, 9.17) is 56.4 Å². The molecule has 38 heteroatoms. The highest BCUT2D eigenvalue weighted by atomic mass is 16.2. The van der Waals surface area contributed by atoms with Crippen molar-refractivity contribution in [2.45, 2.75) is 216 Å². The van der Waals surface area contributed by atoms with E-state index in [9.17, 15) is 67.1 Å². The smallest absolute Gasteiger partial charge is 0.246 e. The average Bonchev–Trinajstić information content (AvgIpc) is 1.66. The van der Waals surface area contributed by atoms with Gasteiger partial charge in [-0.3, -0.25) is 83.4 Å². The van der Waals surface area contributed by atoms with Crippen molar-refractivity contribution in [3.05, 3.63) is 35.9 Å². The Morgan fingerprint density at radius 2 is 0.950 bits per heavy atom. The van der Waals surface area contributed by atoms with Crippen LogP contribution in [0.5, 0.6) is 0 Å². The van der Waals surface area contributed by atoms with Crippen LogP contribution in [0.15, 0.2) is 30.3 Å². The molecule has 1 saturated heterocycles. The molecular weight excluding hydrogens is 1320 g/mol. The molecule has 0 aromatic heterocycles. The van der Waals surface area contributed by atoms with E-state index in [1.54, 1.807) is 37.3 Å². The number of hydrogen-bond donors (Lipinski definition) is 23. The average molecular weight is 1430 g/mol. The van der Waals surface area contributed by atoms with E-state index in [-0.39, 0.29) is 127 Å². The Labute approximate surface area is 587 Å². The minimum atomic E-state index is -1.54. The number of amides is 12. The summed E-state index contributed by atoms with van der Waals surface area (Å²) in [5, 5.41) is 56.0. The van der Waals surface area contributed by atoms with Crippen LogP contribution in [0.3, 0.4) is 0 Å². The summed E-state index contributed by atoms with van der Waals surface area (Å²) in [5.41, 5.74) is 40.0. The van der Waals surface area contributed by atoms with Crippen molar-refractivity contribution in [2.24, 2.45) is 40.1 Å². The molecule has 12 amide bonds. The summed E-state index contributed by atoms with van der Waals surface area (Å²) < 4.78 is 0. The number of ketones is 2. The van der Waals surface area contributed by atoms with Crippen LogP contribution in [-0.2, 0) is 73.5 Å². The molecule has 30 N–H and O–H groups in total. The predicted molar refractivity (Wildman–Crippen MR) is 372 cm³/mol. The van der Waals surface area contributed by atoms with Crippen molar-refractivity contribution >= 4 is 100 Å². The number of nitrogens with two attached hydrogens (primary N) is 7. The highest BCUT2D eigenvalue weighted by Crippen LogP contribution is 2.25. The summed E-state index contributed by atoms with van der Waals surface area (Å²) in [6.07, 6.45) is 1.00. The molecule has 12 atom stereocenters. The van der Waals surface area contributed by atoms with Gasteiger partial charge in [0.15, 0.2) is 23.7 Å². The van der Waals surface area contributed by atoms with Crippen LogP contribution < -0.4 is 109 Å². The fraction of sp³-hybridized carbons (Fsp3) is 0.635. The summed E-state index contributed by atoms with van der Waals surface area (Å²) in [6, 6.07) is -6.34. The molecule has 564 valence electrons. The number of primary amides is 1. The highest BCUT2D eigenvalue weighted by molar-refractivity contribution is 6.00. The van der Waals surface area contributed by atoms with Crippen LogP contribution in [0.25, 0.3) is 0 Å². The van der Waals surface area contributed by atoms with Gasteiger partial charge in [0.1, 0.15) is 60.2 Å². The molecule has 1 fully saturated rings. The molecule has 2 rings (SSSR count). The van der Waals surface area contributed by atoms with Crippen LogP contribution >= 0.6 is 0 Å². The monoisotopic (exact) mass is 1420 g/mol. The summed E-state index contributed by atoms with van der Waals surface area (Å²) in [5.74, 6) is -11.8. The van der Waals surface area contributed by atoms with Crippen molar-refractivity contribution < 1.29 is 67.1 Å². The Kier molecular flexibility index (Phi) is 39.8. The van der Waals surface area contributed by atoms with Gasteiger partial charge in [-0.25, -0.2) is 0 Å². The van der Waals surface area contributed by atoms with Gasteiger partial charge >= 0.3 is 0 Å². The summed E-state index contributed by atoms with van der Waals surface area (Å²) in [7, 11) is 0. The van der Waals surface area contributed by atoms with Gasteiger partial charge in [-0.2, -0.15) is 0 Å². The van der Waals surface area contributed by atoms with Gasteiger partial charge < -0.3 is 114 Å². The predicted octanol–water partition coefficient (Wildman–Crippen LogP) is -7.05. The zero-order valence-corrected chi connectivity index (χ0v) is 58.3. The van der Waals surface area contributed by atoms with Gasteiger partial charge in [-0.05, 0) is 143 Å². The minimum absolute atomic E-state index is 0.00118. The molecule has 38 nitrogen and oxygen atoms in total. The van der Waals surface area contributed by atoms with E-state index < -0.39 is 162 Å². The zero-order chi connectivity index (χ0) is 75.9. The van der Waals surface area contributed by atoms with E-state index in [1.165, 1.54) is 32.6 Å². The number of guanidine groups is 3. The molecule has 101 heavy (non-hydrogen) atoms. The van der Waals surface area contributed by atoms with E-state index >= 15 is 0 Å². The van der Waals surface area contributed by atoms with Crippen molar-refractivity contribution in [2.75, 3.05) is 39.3 Å². The molecule has 0 spiro atoms. The van der Waals surface area contributed by atoms with Crippen LogP contribution in [0, 0.1) is 16.2 Å². The number of rotatable bonds is 49. The van der Waals surface area contributed by atoms with Crippen LogP contribution in [0.1, 0.15) is 143 Å². The topological polar surface area (TPSA) is 652 Å². The summed E-state index contributed by atoms with van der Waals surface area (Å²) >= 11 is 0. The van der Waals surface area contributed by atoms with Gasteiger partial charge in [-0.1, -0.05) is 30.3 Å². The molecule has 1 aromatic carbocycles. The first-order valence-corrected chi connectivity index (χ1v) is 33.7. The molecule has 1 heterocycles. The maximum Gasteiger partial charge on any atom is 0.246 e. The number of unbranched alkanes of at least 4 members (excludes halogenated alkanes) is 2. The number of Topliss-reactive ketones (excluding diaryl/α,β-unsaturated/α-hetero) is 2. The Hall–Kier alpha value is -10.1. The first-order valence-electron chi connectivity index (χ1n) is 33.7. The van der Waals surface area contributed by atoms with Gasteiger partial charge in [0.05, 0.1) is 18.6 Å². The Bertz CT molecular complexity index is 3020. The lowest BCUT2D eigenvalue weighted by atomic mass is 10.0. The zero-order valence-electron chi connectivity index (χ0n) is 58.3. The summed E-state index contributed by atoms with van der Waals surface area (Å²) in [4.78, 5) is 190. The third-order valence-corrected chi connectivity index (χ3v) is 16.1. The van der Waals surface area contributed by atoms with Crippen molar-refractivity contribution in [3.63, 3.8) is 0 Å². The van der Waals surface area contributed by atoms with E-state index in [0.717, 1.165) is 0 Å². The molecular formula is C63H108N24O14. The Balaban J connectivity index is 2.30. The number of nitrogens with zero attached hydrogens (tertiary/aromatic N) is 1. The first-order chi connectivity index (χ1) is 47.7. The van der Waals surface area contributed by atoms with Crippen molar-refractivity contribution in [1.29, 1.82) is 16.2 Å². The van der Waals surface area contributed by atoms with E-state index in [0.29, 0.717) is 37.7 Å². The molecule has 1 unspecified atom stereocenters. The third-order valence-electron chi connectivity index (χ3n) is 16.1. The van der Waals surface area contributed by atoms with Gasteiger partial charge in [0.25, 0.3) is 0 Å². The molecule has 0 bridgehead atoms. The van der Waals surface area contributed by atoms with E-state index in [2.05, 4.69) is 69.1 Å². The number of hydrogen-bond acceptors (Lipinski definition) is 20. The van der Waals surface area contributed by atoms with Gasteiger partial charge in [0, 0.05) is 44.9 Å². The largest absolute Gasteiger partial charge is 0.370 e. The van der Waals surface area contributed by atoms with Gasteiger partial charge in [-0.15, -0.1) is 0 Å². The first kappa shape index (κ1) is 87.0. The maximum absolute atomic E-state index is 14.5. The van der Waals surface area contributed by atoms with Crippen LogP contribution in [0.2, 0.25) is 0 Å².